The summed E-state index contributed by atoms with van der Waals surface area (Å²) in [6.07, 6.45) is 1.58. The predicted molar refractivity (Wildman–Crippen MR) is 162 cm³/mol. The molecule has 1 saturated heterocycles. The van der Waals surface area contributed by atoms with E-state index in [0.29, 0.717) is 45.9 Å². The van der Waals surface area contributed by atoms with Gasteiger partial charge in [0, 0.05) is 49.9 Å². The predicted octanol–water partition coefficient (Wildman–Crippen LogP) is 3.84. The number of fused-ring (bicyclic) bond motifs is 1. The van der Waals surface area contributed by atoms with Crippen molar-refractivity contribution in [3.63, 3.8) is 0 Å². The van der Waals surface area contributed by atoms with Gasteiger partial charge in [-0.15, -0.1) is 0 Å². The van der Waals surface area contributed by atoms with Gasteiger partial charge >= 0.3 is 6.09 Å². The van der Waals surface area contributed by atoms with E-state index in [-0.39, 0.29) is 24.0 Å². The van der Waals surface area contributed by atoms with Crippen LogP contribution in [0.2, 0.25) is 0 Å². The van der Waals surface area contributed by atoms with Crippen molar-refractivity contribution in [1.29, 1.82) is 0 Å². The first-order valence-corrected chi connectivity index (χ1v) is 15.3. The Balaban J connectivity index is 1.35. The minimum Gasteiger partial charge on any atom is -0.453 e. The Kier molecular flexibility index (Phi) is 10.3. The zero-order valence-electron chi connectivity index (χ0n) is 25.7. The van der Waals surface area contributed by atoms with Gasteiger partial charge in [-0.25, -0.2) is 14.5 Å². The highest BCUT2D eigenvalue weighted by Gasteiger charge is 2.43. The van der Waals surface area contributed by atoms with E-state index in [0.717, 1.165) is 41.8 Å². The lowest BCUT2D eigenvalue weighted by molar-refractivity contribution is -0.158. The summed E-state index contributed by atoms with van der Waals surface area (Å²) in [7, 11) is 1.35. The molecule has 2 aliphatic rings. The van der Waals surface area contributed by atoms with E-state index in [2.05, 4.69) is 34.0 Å². The average Bonchev–Trinajstić information content (AvgIpc) is 3.79. The number of ether oxygens (including phenoxy) is 3. The maximum absolute atomic E-state index is 14.3. The van der Waals surface area contributed by atoms with Gasteiger partial charge in [-0.1, -0.05) is 30.3 Å². The first-order valence-electron chi connectivity index (χ1n) is 15.3. The van der Waals surface area contributed by atoms with Gasteiger partial charge in [0.2, 0.25) is 0 Å². The Morgan fingerprint density at radius 2 is 1.98 bits per heavy atom. The number of carbonyl (C=O) groups excluding carboxylic acids is 2. The van der Waals surface area contributed by atoms with Crippen molar-refractivity contribution < 1.29 is 23.8 Å². The Labute approximate surface area is 253 Å². The molecule has 1 saturated carbocycles. The summed E-state index contributed by atoms with van der Waals surface area (Å²) in [5.74, 6) is 0.00738. The van der Waals surface area contributed by atoms with E-state index < -0.39 is 12.2 Å². The number of methoxy groups -OCH3 is 1. The lowest BCUT2D eigenvalue weighted by Crippen LogP contribution is -2.56. The monoisotopic (exact) mass is 592 g/mol. The van der Waals surface area contributed by atoms with Crippen molar-refractivity contribution in [2.75, 3.05) is 40.0 Å². The molecule has 5 rings (SSSR count). The second-order valence-electron chi connectivity index (χ2n) is 11.4. The summed E-state index contributed by atoms with van der Waals surface area (Å²) in [5.41, 5.74) is 3.71. The van der Waals surface area contributed by atoms with Gasteiger partial charge in [0.25, 0.3) is 5.91 Å². The second kappa shape index (κ2) is 14.3. The molecule has 1 aromatic carbocycles. The molecule has 1 N–H and O–H groups in total. The van der Waals surface area contributed by atoms with E-state index in [4.69, 9.17) is 19.6 Å². The highest BCUT2D eigenvalue weighted by Crippen LogP contribution is 2.37. The first kappa shape index (κ1) is 30.9. The van der Waals surface area contributed by atoms with Crippen LogP contribution in [0.3, 0.4) is 0 Å². The molecule has 2 fully saturated rings. The number of carbonyl (C=O) groups is 2. The number of amides is 2. The number of alkyl carbamates (subject to hydrolysis) is 1. The first-order chi connectivity index (χ1) is 20.9. The number of hydrogen-bond acceptors (Lipinski definition) is 8. The molecule has 232 valence electrons. The molecular weight excluding hydrogens is 548 g/mol. The van der Waals surface area contributed by atoms with Crippen molar-refractivity contribution in [1.82, 2.24) is 29.9 Å². The zero-order chi connectivity index (χ0) is 30.3. The number of aryl methyl sites for hydroxylation is 2. The van der Waals surface area contributed by atoms with Gasteiger partial charge < -0.3 is 24.4 Å². The van der Waals surface area contributed by atoms with Crippen LogP contribution in [0.25, 0.3) is 11.0 Å². The molecule has 3 heterocycles. The van der Waals surface area contributed by atoms with Crippen molar-refractivity contribution in [3.05, 3.63) is 59.4 Å². The van der Waals surface area contributed by atoms with Crippen LogP contribution in [0, 0.1) is 6.92 Å². The van der Waals surface area contributed by atoms with Gasteiger partial charge in [-0.2, -0.15) is 5.10 Å². The Hall–Kier alpha value is -3.54. The minimum absolute atomic E-state index is 0.00738. The van der Waals surface area contributed by atoms with Gasteiger partial charge in [0.15, 0.2) is 5.65 Å². The maximum Gasteiger partial charge on any atom is 0.406 e. The summed E-state index contributed by atoms with van der Waals surface area (Å²) < 4.78 is 18.6. The summed E-state index contributed by atoms with van der Waals surface area (Å²) in [6, 6.07) is 14.4. The van der Waals surface area contributed by atoms with Crippen LogP contribution in [0.15, 0.2) is 42.5 Å². The fourth-order valence-corrected chi connectivity index (χ4v) is 5.78. The van der Waals surface area contributed by atoms with Crippen LogP contribution in [0.1, 0.15) is 56.1 Å². The Morgan fingerprint density at radius 3 is 2.70 bits per heavy atom. The molecule has 0 radical (unpaired) electrons. The third-order valence-corrected chi connectivity index (χ3v) is 8.20. The number of nitrogens with zero attached hydrogens (tertiary/aromatic N) is 5. The van der Waals surface area contributed by atoms with E-state index in [1.807, 2.05) is 53.8 Å². The number of benzene rings is 1. The third kappa shape index (κ3) is 7.52. The van der Waals surface area contributed by atoms with Crippen molar-refractivity contribution in [2.24, 2.45) is 0 Å². The highest BCUT2D eigenvalue weighted by atomic mass is 16.5. The highest BCUT2D eigenvalue weighted by molar-refractivity contribution is 5.84. The van der Waals surface area contributed by atoms with E-state index >= 15 is 0 Å². The topological polar surface area (TPSA) is 111 Å². The quantitative estimate of drug-likeness (QED) is 0.298. The van der Waals surface area contributed by atoms with Crippen molar-refractivity contribution >= 4 is 23.0 Å². The molecular formula is C32H44N6O5. The summed E-state index contributed by atoms with van der Waals surface area (Å²) in [4.78, 5) is 34.8. The van der Waals surface area contributed by atoms with Gasteiger partial charge in [0.1, 0.15) is 6.10 Å². The SMILES string of the molecule is CCOC[C@H]1CO[C@@H](C(=O)N(C2CC2)[C@H](C)c2nn(CCCNC(=O)OC)c3nc(C)ccc23)CN1Cc1ccccc1. The van der Waals surface area contributed by atoms with Crippen molar-refractivity contribution in [3.8, 4) is 0 Å². The molecule has 0 spiro atoms. The lowest BCUT2D eigenvalue weighted by Gasteiger charge is -2.41. The normalized spacial score (nSPS) is 19.7. The molecule has 43 heavy (non-hydrogen) atoms. The fourth-order valence-electron chi connectivity index (χ4n) is 5.78. The van der Waals surface area contributed by atoms with Gasteiger partial charge in [-0.05, 0) is 57.7 Å². The molecule has 2 amide bonds. The third-order valence-electron chi connectivity index (χ3n) is 8.20. The van der Waals surface area contributed by atoms with Crippen LogP contribution in [0.4, 0.5) is 4.79 Å². The summed E-state index contributed by atoms with van der Waals surface area (Å²) >= 11 is 0. The van der Waals surface area contributed by atoms with Crippen LogP contribution < -0.4 is 5.32 Å². The van der Waals surface area contributed by atoms with Gasteiger partial charge in [-0.3, -0.25) is 9.69 Å². The zero-order valence-corrected chi connectivity index (χ0v) is 25.7. The van der Waals surface area contributed by atoms with Crippen LogP contribution in [-0.4, -0.2) is 94.8 Å². The maximum atomic E-state index is 14.3. The molecule has 11 heteroatoms. The number of nitrogens with one attached hydrogen (secondary N) is 1. The molecule has 11 nitrogen and oxygen atoms in total. The average molecular weight is 593 g/mol. The van der Waals surface area contributed by atoms with Crippen molar-refractivity contribution in [2.45, 2.75) is 77.4 Å². The molecule has 1 aliphatic heterocycles. The van der Waals surface area contributed by atoms with E-state index in [9.17, 15) is 9.59 Å². The van der Waals surface area contributed by atoms with Crippen LogP contribution in [0.5, 0.6) is 0 Å². The molecule has 1 aliphatic carbocycles. The second-order valence-corrected chi connectivity index (χ2v) is 11.4. The Morgan fingerprint density at radius 1 is 1.19 bits per heavy atom. The number of morpholine rings is 1. The van der Waals surface area contributed by atoms with E-state index in [1.54, 1.807) is 0 Å². The smallest absolute Gasteiger partial charge is 0.406 e. The largest absolute Gasteiger partial charge is 0.453 e. The standard InChI is InChI=1S/C32H44N6O5/c1-5-42-20-26-21-43-28(19-36(26)18-24-10-7-6-8-11-24)31(39)38(25-13-14-25)23(3)29-27-15-12-22(2)34-30(27)37(35-29)17-9-16-33-32(40)41-4/h6-8,10-12,15,23,25-26,28H,5,9,13-14,16-21H2,1-4H3,(H,33,40)/t23-,26+,28-/m1/s1. The molecule has 0 bridgehead atoms. The summed E-state index contributed by atoms with van der Waals surface area (Å²) in [5, 5.41) is 8.64. The molecule has 2 aromatic heterocycles. The number of hydrogen-bond donors (Lipinski definition) is 1. The number of aromatic nitrogens is 3. The lowest BCUT2D eigenvalue weighted by atomic mass is 10.1. The van der Waals surface area contributed by atoms with Crippen LogP contribution >= 0.6 is 0 Å². The summed E-state index contributed by atoms with van der Waals surface area (Å²) in [6.45, 7) is 9.93. The van der Waals surface area contributed by atoms with Crippen LogP contribution in [-0.2, 0) is 32.1 Å². The Bertz CT molecular complexity index is 1380. The van der Waals surface area contributed by atoms with E-state index in [1.165, 1.54) is 12.7 Å². The number of pyridine rings is 1. The van der Waals surface area contributed by atoms with Gasteiger partial charge in [0.05, 0.1) is 38.1 Å². The number of rotatable bonds is 13. The molecule has 3 aromatic rings. The minimum atomic E-state index is -0.567. The molecule has 3 atom stereocenters. The fraction of sp³-hybridized carbons (Fsp3) is 0.562. The molecule has 0 unspecified atom stereocenters.